The number of H-pyrrole nitrogens is 1. The summed E-state index contributed by atoms with van der Waals surface area (Å²) in [5, 5.41) is 13.1. The molecular formula is C14H11FN4O. The first-order chi connectivity index (χ1) is 9.74. The second kappa shape index (κ2) is 5.08. The molecule has 0 saturated heterocycles. The van der Waals surface area contributed by atoms with Gasteiger partial charge in [-0.05, 0) is 23.8 Å². The van der Waals surface area contributed by atoms with Gasteiger partial charge in [-0.2, -0.15) is 15.4 Å². The molecule has 100 valence electrons. The molecule has 0 saturated carbocycles. The van der Waals surface area contributed by atoms with Crippen molar-refractivity contribution < 1.29 is 9.18 Å². The summed E-state index contributed by atoms with van der Waals surface area (Å²) in [6, 6.07) is 11.5. The molecule has 0 unspecified atom stereocenters. The number of nitrogens with one attached hydrogen (secondary N) is 2. The van der Waals surface area contributed by atoms with E-state index in [2.05, 4.69) is 20.7 Å². The molecule has 1 amide bonds. The van der Waals surface area contributed by atoms with E-state index in [0.29, 0.717) is 22.3 Å². The fourth-order valence-corrected chi connectivity index (χ4v) is 1.98. The Morgan fingerprint density at radius 3 is 2.85 bits per heavy atom. The van der Waals surface area contributed by atoms with Crippen LogP contribution in [0.15, 0.2) is 42.5 Å². The largest absolute Gasteiger partial charge is 0.324 e. The van der Waals surface area contributed by atoms with E-state index in [1.54, 1.807) is 36.4 Å². The molecule has 3 rings (SSSR count). The Morgan fingerprint density at radius 1 is 1.15 bits per heavy atom. The Labute approximate surface area is 113 Å². The highest BCUT2D eigenvalue weighted by atomic mass is 19.1. The Bertz CT molecular complexity index is 768. The van der Waals surface area contributed by atoms with Crippen molar-refractivity contribution in [3.05, 3.63) is 53.8 Å². The van der Waals surface area contributed by atoms with Crippen LogP contribution in [0, 0.1) is 5.82 Å². The number of para-hydroxylation sites is 1. The highest BCUT2D eigenvalue weighted by molar-refractivity contribution is 5.99. The molecule has 0 fully saturated rings. The van der Waals surface area contributed by atoms with Gasteiger partial charge in [-0.25, -0.2) is 4.39 Å². The van der Waals surface area contributed by atoms with Crippen LogP contribution in [0.2, 0.25) is 0 Å². The third-order valence-electron chi connectivity index (χ3n) is 2.93. The number of hydrogen-bond acceptors (Lipinski definition) is 3. The van der Waals surface area contributed by atoms with Gasteiger partial charge in [-0.15, -0.1) is 0 Å². The van der Waals surface area contributed by atoms with E-state index in [1.807, 2.05) is 0 Å². The Kier molecular flexibility index (Phi) is 3.12. The minimum Gasteiger partial charge on any atom is -0.324 e. The molecule has 2 N–H and O–H groups in total. The molecule has 0 bridgehead atoms. The predicted octanol–water partition coefficient (Wildman–Crippen LogP) is 2.28. The summed E-state index contributed by atoms with van der Waals surface area (Å²) in [6.07, 6.45) is -0.0269. The molecule has 20 heavy (non-hydrogen) atoms. The summed E-state index contributed by atoms with van der Waals surface area (Å²) in [7, 11) is 0. The highest BCUT2D eigenvalue weighted by Gasteiger charge is 2.10. The van der Waals surface area contributed by atoms with E-state index in [0.717, 1.165) is 0 Å². The van der Waals surface area contributed by atoms with Gasteiger partial charge in [0.1, 0.15) is 16.9 Å². The molecule has 0 aliphatic rings. The lowest BCUT2D eigenvalue weighted by Crippen LogP contribution is -2.15. The monoisotopic (exact) mass is 270 g/mol. The lowest BCUT2D eigenvalue weighted by Gasteiger charge is -2.06. The number of hydrogen-bond donors (Lipinski definition) is 2. The second-order valence-corrected chi connectivity index (χ2v) is 4.31. The van der Waals surface area contributed by atoms with Crippen LogP contribution in [-0.4, -0.2) is 21.3 Å². The molecule has 1 heterocycles. The fourth-order valence-electron chi connectivity index (χ4n) is 1.98. The number of carbonyl (C=O) groups is 1. The van der Waals surface area contributed by atoms with Crippen molar-refractivity contribution >= 4 is 22.6 Å². The SMILES string of the molecule is O=C(Cc1ccccc1F)Nc1cccc2n[nH]nc12. The van der Waals surface area contributed by atoms with Crippen LogP contribution in [0.4, 0.5) is 10.1 Å². The first-order valence-corrected chi connectivity index (χ1v) is 6.07. The molecule has 0 radical (unpaired) electrons. The van der Waals surface area contributed by atoms with Gasteiger partial charge < -0.3 is 5.32 Å². The van der Waals surface area contributed by atoms with Crippen molar-refractivity contribution in [1.29, 1.82) is 0 Å². The predicted molar refractivity (Wildman–Crippen MR) is 72.6 cm³/mol. The molecule has 5 nitrogen and oxygen atoms in total. The number of halogens is 1. The summed E-state index contributed by atoms with van der Waals surface area (Å²) < 4.78 is 13.5. The highest BCUT2D eigenvalue weighted by Crippen LogP contribution is 2.19. The second-order valence-electron chi connectivity index (χ2n) is 4.31. The molecular weight excluding hydrogens is 259 g/mol. The van der Waals surface area contributed by atoms with Crippen molar-refractivity contribution in [3.8, 4) is 0 Å². The standard InChI is InChI=1S/C14H11FN4O/c15-10-5-2-1-4-9(10)8-13(20)16-11-6-3-7-12-14(11)18-19-17-12/h1-7H,8H2,(H,16,20)(H,17,18,19). The van der Waals surface area contributed by atoms with E-state index in [4.69, 9.17) is 0 Å². The van der Waals surface area contributed by atoms with Crippen molar-refractivity contribution in [2.75, 3.05) is 5.32 Å². The van der Waals surface area contributed by atoms with Crippen molar-refractivity contribution in [3.63, 3.8) is 0 Å². The van der Waals surface area contributed by atoms with Gasteiger partial charge in [0.05, 0.1) is 12.1 Å². The third kappa shape index (κ3) is 2.35. The number of carbonyl (C=O) groups excluding carboxylic acids is 1. The number of aromatic nitrogens is 3. The smallest absolute Gasteiger partial charge is 0.228 e. The van der Waals surface area contributed by atoms with Crippen LogP contribution in [0.25, 0.3) is 11.0 Å². The van der Waals surface area contributed by atoms with Crippen molar-refractivity contribution in [2.24, 2.45) is 0 Å². The molecule has 0 aliphatic carbocycles. The van der Waals surface area contributed by atoms with E-state index in [-0.39, 0.29) is 18.1 Å². The number of fused-ring (bicyclic) bond motifs is 1. The zero-order valence-electron chi connectivity index (χ0n) is 10.4. The summed E-state index contributed by atoms with van der Waals surface area (Å²) >= 11 is 0. The number of benzene rings is 2. The van der Waals surface area contributed by atoms with Gasteiger partial charge in [0.25, 0.3) is 0 Å². The van der Waals surface area contributed by atoms with Crippen molar-refractivity contribution in [2.45, 2.75) is 6.42 Å². The normalized spacial score (nSPS) is 10.7. The van der Waals surface area contributed by atoms with Gasteiger partial charge in [0, 0.05) is 0 Å². The quantitative estimate of drug-likeness (QED) is 0.767. The van der Waals surface area contributed by atoms with E-state index < -0.39 is 0 Å². The first kappa shape index (κ1) is 12.3. The zero-order chi connectivity index (χ0) is 13.9. The number of amides is 1. The fraction of sp³-hybridized carbons (Fsp3) is 0.0714. The average molecular weight is 270 g/mol. The maximum Gasteiger partial charge on any atom is 0.228 e. The van der Waals surface area contributed by atoms with Gasteiger partial charge in [0.2, 0.25) is 5.91 Å². The van der Waals surface area contributed by atoms with Gasteiger partial charge in [-0.1, -0.05) is 24.3 Å². The van der Waals surface area contributed by atoms with Crippen LogP contribution in [0.3, 0.4) is 0 Å². The maximum absolute atomic E-state index is 13.5. The Hall–Kier alpha value is -2.76. The zero-order valence-corrected chi connectivity index (χ0v) is 10.4. The van der Waals surface area contributed by atoms with Crippen LogP contribution in [0.5, 0.6) is 0 Å². The number of aromatic amines is 1. The van der Waals surface area contributed by atoms with Gasteiger partial charge in [0.15, 0.2) is 0 Å². The summed E-state index contributed by atoms with van der Waals surface area (Å²) in [5.41, 5.74) is 2.15. The number of rotatable bonds is 3. The minimum absolute atomic E-state index is 0.0269. The topological polar surface area (TPSA) is 70.7 Å². The molecule has 1 aromatic heterocycles. The number of nitrogens with zero attached hydrogens (tertiary/aromatic N) is 2. The van der Waals surface area contributed by atoms with E-state index >= 15 is 0 Å². The molecule has 0 atom stereocenters. The van der Waals surface area contributed by atoms with Gasteiger partial charge in [-0.3, -0.25) is 4.79 Å². The molecule has 0 spiro atoms. The van der Waals surface area contributed by atoms with Gasteiger partial charge >= 0.3 is 0 Å². The summed E-state index contributed by atoms with van der Waals surface area (Å²) in [6.45, 7) is 0. The lowest BCUT2D eigenvalue weighted by molar-refractivity contribution is -0.115. The molecule has 0 aliphatic heterocycles. The van der Waals surface area contributed by atoms with Crippen LogP contribution in [0.1, 0.15) is 5.56 Å². The minimum atomic E-state index is -0.387. The number of anilines is 1. The van der Waals surface area contributed by atoms with Crippen LogP contribution >= 0.6 is 0 Å². The maximum atomic E-state index is 13.5. The molecule has 2 aromatic carbocycles. The Balaban J connectivity index is 1.80. The summed E-state index contributed by atoms with van der Waals surface area (Å²) in [4.78, 5) is 12.0. The molecule has 3 aromatic rings. The van der Waals surface area contributed by atoms with Crippen LogP contribution in [-0.2, 0) is 11.2 Å². The van der Waals surface area contributed by atoms with E-state index in [1.165, 1.54) is 6.07 Å². The summed E-state index contributed by atoms with van der Waals surface area (Å²) in [5.74, 6) is -0.687. The third-order valence-corrected chi connectivity index (χ3v) is 2.93. The lowest BCUT2D eigenvalue weighted by atomic mass is 10.1. The Morgan fingerprint density at radius 2 is 2.00 bits per heavy atom. The average Bonchev–Trinajstić information content (AvgIpc) is 2.91. The van der Waals surface area contributed by atoms with Crippen molar-refractivity contribution in [1.82, 2.24) is 15.4 Å². The van der Waals surface area contributed by atoms with E-state index in [9.17, 15) is 9.18 Å². The first-order valence-electron chi connectivity index (χ1n) is 6.07. The van der Waals surface area contributed by atoms with Crippen LogP contribution < -0.4 is 5.32 Å². The molecule has 6 heteroatoms.